The lowest BCUT2D eigenvalue weighted by Crippen LogP contribution is -3.00. The van der Waals surface area contributed by atoms with Crippen LogP contribution in [0.4, 0.5) is 0 Å². The highest BCUT2D eigenvalue weighted by atomic mass is 79.9. The average molecular weight is 308 g/mol. The maximum absolute atomic E-state index is 10.9. The third kappa shape index (κ3) is 6.22. The number of rotatable bonds is 8. The van der Waals surface area contributed by atoms with Crippen LogP contribution in [0.25, 0.3) is 0 Å². The molecule has 0 fully saturated rings. The highest BCUT2D eigenvalue weighted by molar-refractivity contribution is 5.81. The van der Waals surface area contributed by atoms with Crippen LogP contribution in [0.3, 0.4) is 0 Å². The molecule has 0 aliphatic carbocycles. The Labute approximate surface area is 116 Å². The topological polar surface area (TPSA) is 26.3 Å². The molecule has 0 saturated carbocycles. The molecule has 0 bridgehead atoms. The summed E-state index contributed by atoms with van der Waals surface area (Å²) in [5.41, 5.74) is 0. The van der Waals surface area contributed by atoms with Crippen LogP contribution in [0, 0.1) is 0 Å². The van der Waals surface area contributed by atoms with Gasteiger partial charge in [0.1, 0.15) is 0 Å². The van der Waals surface area contributed by atoms with E-state index in [2.05, 4.69) is 34.3 Å². The molecular formula is C13H26BrNO2. The van der Waals surface area contributed by atoms with Crippen molar-refractivity contribution in [1.82, 2.24) is 0 Å². The Hall–Kier alpha value is -0.350. The number of carbonyl (C=O) groups is 1. The average Bonchev–Trinajstić information content (AvgIpc) is 2.29. The summed E-state index contributed by atoms with van der Waals surface area (Å²) in [5.74, 6) is -0.323. The van der Waals surface area contributed by atoms with Gasteiger partial charge in [0.2, 0.25) is 0 Å². The molecule has 0 N–H and O–H groups in total. The molecule has 0 rings (SSSR count). The summed E-state index contributed by atoms with van der Waals surface area (Å²) >= 11 is 0. The zero-order valence-corrected chi connectivity index (χ0v) is 13.1. The highest BCUT2D eigenvalue weighted by Gasteiger charge is 2.26. The van der Waals surface area contributed by atoms with Gasteiger partial charge in [0.05, 0.1) is 32.3 Å². The van der Waals surface area contributed by atoms with Gasteiger partial charge in [0.15, 0.2) is 0 Å². The van der Waals surface area contributed by atoms with Gasteiger partial charge in [0, 0.05) is 12.5 Å². The lowest BCUT2D eigenvalue weighted by atomic mass is 10.2. The summed E-state index contributed by atoms with van der Waals surface area (Å²) < 4.78 is 6.08. The fourth-order valence-electron chi connectivity index (χ4n) is 2.14. The van der Waals surface area contributed by atoms with E-state index in [0.717, 1.165) is 30.5 Å². The van der Waals surface area contributed by atoms with Crippen molar-refractivity contribution in [2.45, 2.75) is 40.2 Å². The van der Waals surface area contributed by atoms with Crippen LogP contribution >= 0.6 is 0 Å². The molecule has 0 saturated heterocycles. The first-order valence-electron chi connectivity index (χ1n) is 6.17. The van der Waals surface area contributed by atoms with E-state index in [4.69, 9.17) is 4.74 Å². The number of quaternary nitrogens is 1. The molecule has 0 aliphatic heterocycles. The first-order chi connectivity index (χ1) is 7.52. The summed E-state index contributed by atoms with van der Waals surface area (Å²) in [5, 5.41) is 0. The zero-order chi connectivity index (χ0) is 12.6. The molecule has 0 atom stereocenters. The smallest absolute Gasteiger partial charge is 0.330 e. The molecule has 4 heteroatoms. The van der Waals surface area contributed by atoms with Gasteiger partial charge in [-0.1, -0.05) is 6.58 Å². The summed E-state index contributed by atoms with van der Waals surface area (Å²) in [7, 11) is 0. The van der Waals surface area contributed by atoms with E-state index in [-0.39, 0.29) is 23.0 Å². The van der Waals surface area contributed by atoms with Crippen LogP contribution in [0.2, 0.25) is 0 Å². The van der Waals surface area contributed by atoms with Crippen molar-refractivity contribution in [2.75, 3.05) is 26.2 Å². The first-order valence-corrected chi connectivity index (χ1v) is 6.17. The van der Waals surface area contributed by atoms with E-state index in [9.17, 15) is 4.79 Å². The van der Waals surface area contributed by atoms with Gasteiger partial charge in [-0.15, -0.1) is 0 Å². The van der Waals surface area contributed by atoms with Crippen molar-refractivity contribution < 1.29 is 31.0 Å². The van der Waals surface area contributed by atoms with E-state index in [1.54, 1.807) is 0 Å². The van der Waals surface area contributed by atoms with Crippen LogP contribution in [0.1, 0.15) is 34.1 Å². The standard InChI is InChI=1S/C13H26NO2.BrH/c1-6-13(15)16-11-9-10-14(7-2,8-3)12(4)5;/h6,12H,1,7-11H2,2-5H3;1H/q+1;/p-1. The summed E-state index contributed by atoms with van der Waals surface area (Å²) in [6.07, 6.45) is 2.13. The predicted octanol–water partition coefficient (Wildman–Crippen LogP) is -0.625. The summed E-state index contributed by atoms with van der Waals surface area (Å²) in [6, 6.07) is 0.616. The number of hydrogen-bond acceptors (Lipinski definition) is 2. The Balaban J connectivity index is 0. The molecule has 17 heavy (non-hydrogen) atoms. The molecular weight excluding hydrogens is 282 g/mol. The molecule has 0 spiro atoms. The van der Waals surface area contributed by atoms with Gasteiger partial charge in [-0.05, 0) is 27.7 Å². The molecule has 0 aromatic heterocycles. The van der Waals surface area contributed by atoms with Crippen LogP contribution in [-0.2, 0) is 9.53 Å². The van der Waals surface area contributed by atoms with Gasteiger partial charge in [-0.25, -0.2) is 4.79 Å². The Morgan fingerprint density at radius 3 is 2.24 bits per heavy atom. The van der Waals surface area contributed by atoms with Crippen LogP contribution in [0.5, 0.6) is 0 Å². The molecule has 0 radical (unpaired) electrons. The van der Waals surface area contributed by atoms with E-state index >= 15 is 0 Å². The maximum atomic E-state index is 10.9. The molecule has 0 aliphatic rings. The summed E-state index contributed by atoms with van der Waals surface area (Å²) in [6.45, 7) is 16.1. The van der Waals surface area contributed by atoms with Crippen molar-refractivity contribution in [3.05, 3.63) is 12.7 Å². The molecule has 0 aromatic rings. The summed E-state index contributed by atoms with van der Waals surface area (Å²) in [4.78, 5) is 10.9. The Kier molecular flexibility index (Phi) is 10.8. The van der Waals surface area contributed by atoms with Crippen LogP contribution < -0.4 is 17.0 Å². The Morgan fingerprint density at radius 2 is 1.88 bits per heavy atom. The number of nitrogens with zero attached hydrogens (tertiary/aromatic N) is 1. The second kappa shape index (κ2) is 9.66. The van der Waals surface area contributed by atoms with Crippen molar-refractivity contribution in [3.8, 4) is 0 Å². The molecule has 102 valence electrons. The molecule has 0 heterocycles. The van der Waals surface area contributed by atoms with E-state index in [0.29, 0.717) is 12.6 Å². The number of halogens is 1. The fourth-order valence-corrected chi connectivity index (χ4v) is 2.14. The number of ether oxygens (including phenoxy) is 1. The second-order valence-electron chi connectivity index (χ2n) is 4.39. The maximum Gasteiger partial charge on any atom is 0.330 e. The predicted molar refractivity (Wildman–Crippen MR) is 67.1 cm³/mol. The number of carbonyl (C=O) groups excluding carboxylic acids is 1. The Morgan fingerprint density at radius 1 is 1.35 bits per heavy atom. The van der Waals surface area contributed by atoms with Gasteiger partial charge in [-0.2, -0.15) is 0 Å². The Bertz CT molecular complexity index is 225. The fraction of sp³-hybridized carbons (Fsp3) is 0.769. The third-order valence-electron chi connectivity index (χ3n) is 3.51. The highest BCUT2D eigenvalue weighted by Crippen LogP contribution is 2.14. The lowest BCUT2D eigenvalue weighted by molar-refractivity contribution is -0.944. The second-order valence-corrected chi connectivity index (χ2v) is 4.39. The number of esters is 1. The first kappa shape index (κ1) is 19.0. The van der Waals surface area contributed by atoms with E-state index in [1.807, 2.05) is 0 Å². The van der Waals surface area contributed by atoms with Crippen molar-refractivity contribution in [3.63, 3.8) is 0 Å². The van der Waals surface area contributed by atoms with Crippen molar-refractivity contribution in [1.29, 1.82) is 0 Å². The largest absolute Gasteiger partial charge is 1.00 e. The third-order valence-corrected chi connectivity index (χ3v) is 3.51. The quantitative estimate of drug-likeness (QED) is 0.258. The number of hydrogen-bond donors (Lipinski definition) is 0. The normalized spacial score (nSPS) is 10.9. The minimum Gasteiger partial charge on any atom is -1.00 e. The molecule has 0 amide bonds. The monoisotopic (exact) mass is 307 g/mol. The van der Waals surface area contributed by atoms with Gasteiger partial charge in [0.25, 0.3) is 0 Å². The van der Waals surface area contributed by atoms with E-state index in [1.165, 1.54) is 6.08 Å². The lowest BCUT2D eigenvalue weighted by Gasteiger charge is -2.40. The van der Waals surface area contributed by atoms with Gasteiger partial charge in [-0.3, -0.25) is 0 Å². The minimum atomic E-state index is -0.323. The van der Waals surface area contributed by atoms with Crippen LogP contribution in [0.15, 0.2) is 12.7 Å². The SMILES string of the molecule is C=CC(=O)OCCC[N+](CC)(CC)C(C)C.[Br-]. The van der Waals surface area contributed by atoms with Gasteiger partial charge < -0.3 is 26.2 Å². The molecule has 3 nitrogen and oxygen atoms in total. The van der Waals surface area contributed by atoms with Crippen LogP contribution in [-0.4, -0.2) is 42.7 Å². The van der Waals surface area contributed by atoms with Gasteiger partial charge >= 0.3 is 5.97 Å². The van der Waals surface area contributed by atoms with E-state index < -0.39 is 0 Å². The molecule has 0 unspecified atom stereocenters. The minimum absolute atomic E-state index is 0. The van der Waals surface area contributed by atoms with Crippen molar-refractivity contribution in [2.24, 2.45) is 0 Å². The van der Waals surface area contributed by atoms with Crippen molar-refractivity contribution >= 4 is 5.97 Å². The zero-order valence-electron chi connectivity index (χ0n) is 11.5. The molecule has 0 aromatic carbocycles.